The standard InChI is InChI=1S/C23H23N5O6S/c1-13-24-14(12-35-13)11-32-17-8-6-5-7-15(17)21-25-19(27-34-21)16-9-28(22(31)26-20(16)30)10-18(29)33-23(2,3)4/h5-9,12H,10-11H2,1-4H3,(H,26,30,31). The fraction of sp³-hybridized carbons (Fsp3) is 0.304. The number of nitrogens with zero attached hydrogens (tertiary/aromatic N) is 4. The van der Waals surface area contributed by atoms with E-state index in [9.17, 15) is 14.4 Å². The van der Waals surface area contributed by atoms with E-state index in [1.54, 1.807) is 45.0 Å². The third kappa shape index (κ3) is 5.90. The van der Waals surface area contributed by atoms with E-state index < -0.39 is 29.4 Å². The van der Waals surface area contributed by atoms with Crippen LogP contribution in [0.4, 0.5) is 0 Å². The van der Waals surface area contributed by atoms with Gasteiger partial charge >= 0.3 is 11.7 Å². The molecule has 0 radical (unpaired) electrons. The molecule has 12 heteroatoms. The van der Waals surface area contributed by atoms with Crippen LogP contribution in [0, 0.1) is 6.92 Å². The molecule has 4 rings (SSSR count). The first-order chi connectivity index (χ1) is 16.6. The van der Waals surface area contributed by atoms with Gasteiger partial charge < -0.3 is 14.0 Å². The van der Waals surface area contributed by atoms with Crippen molar-refractivity contribution in [3.05, 3.63) is 67.4 Å². The zero-order chi connectivity index (χ0) is 25.2. The normalized spacial score (nSPS) is 11.4. The van der Waals surface area contributed by atoms with Crippen LogP contribution in [0.15, 0.2) is 50.0 Å². The summed E-state index contributed by atoms with van der Waals surface area (Å²) < 4.78 is 17.6. The van der Waals surface area contributed by atoms with Crippen LogP contribution >= 0.6 is 11.3 Å². The number of benzene rings is 1. The topological polar surface area (TPSA) is 142 Å². The highest BCUT2D eigenvalue weighted by Gasteiger charge is 2.20. The second kappa shape index (κ2) is 9.66. The number of ether oxygens (including phenoxy) is 2. The molecule has 182 valence electrons. The third-order valence-corrected chi connectivity index (χ3v) is 5.38. The molecule has 0 bridgehead atoms. The van der Waals surface area contributed by atoms with Crippen molar-refractivity contribution in [3.8, 4) is 28.6 Å². The molecule has 1 N–H and O–H groups in total. The van der Waals surface area contributed by atoms with Crippen LogP contribution in [0.5, 0.6) is 5.75 Å². The Balaban J connectivity index is 1.60. The SMILES string of the molecule is Cc1nc(COc2ccccc2-c2nc(-c3cn(CC(=O)OC(C)(C)C)c(=O)[nH]c3=O)no2)cs1. The monoisotopic (exact) mass is 497 g/mol. The van der Waals surface area contributed by atoms with Gasteiger partial charge in [-0.15, -0.1) is 11.3 Å². The number of esters is 1. The van der Waals surface area contributed by atoms with E-state index in [0.717, 1.165) is 15.3 Å². The van der Waals surface area contributed by atoms with Gasteiger partial charge in [0.2, 0.25) is 5.82 Å². The maximum Gasteiger partial charge on any atom is 0.328 e. The summed E-state index contributed by atoms with van der Waals surface area (Å²) >= 11 is 1.53. The smallest absolute Gasteiger partial charge is 0.328 e. The van der Waals surface area contributed by atoms with Crippen molar-refractivity contribution in [1.29, 1.82) is 0 Å². The number of rotatable bonds is 7. The summed E-state index contributed by atoms with van der Waals surface area (Å²) in [4.78, 5) is 47.7. The van der Waals surface area contributed by atoms with E-state index in [-0.39, 0.29) is 23.9 Å². The first-order valence-corrected chi connectivity index (χ1v) is 11.5. The molecule has 1 aromatic carbocycles. The van der Waals surface area contributed by atoms with Crippen LogP contribution in [-0.2, 0) is 22.7 Å². The van der Waals surface area contributed by atoms with Crippen LogP contribution in [0.1, 0.15) is 31.5 Å². The average Bonchev–Trinajstić information content (AvgIpc) is 3.42. The summed E-state index contributed by atoms with van der Waals surface area (Å²) in [6.07, 6.45) is 1.20. The molecule has 3 heterocycles. The zero-order valence-electron chi connectivity index (χ0n) is 19.5. The minimum absolute atomic E-state index is 0.0421. The molecule has 3 aromatic heterocycles. The lowest BCUT2D eigenvalue weighted by molar-refractivity contribution is -0.155. The number of carbonyl (C=O) groups excluding carboxylic acids is 1. The predicted octanol–water partition coefficient (Wildman–Crippen LogP) is 2.94. The Hall–Kier alpha value is -4.06. The highest BCUT2D eigenvalue weighted by Crippen LogP contribution is 2.30. The van der Waals surface area contributed by atoms with Gasteiger partial charge in [-0.1, -0.05) is 17.3 Å². The number of aryl methyl sites for hydroxylation is 1. The molecule has 0 saturated heterocycles. The fourth-order valence-corrected chi connectivity index (χ4v) is 3.73. The van der Waals surface area contributed by atoms with Gasteiger partial charge in [-0.05, 0) is 39.8 Å². The second-order valence-electron chi connectivity index (χ2n) is 8.58. The lowest BCUT2D eigenvalue weighted by Gasteiger charge is -2.19. The highest BCUT2D eigenvalue weighted by atomic mass is 32.1. The van der Waals surface area contributed by atoms with Gasteiger partial charge in [0.05, 0.1) is 16.3 Å². The number of aromatic amines is 1. The zero-order valence-corrected chi connectivity index (χ0v) is 20.3. The van der Waals surface area contributed by atoms with Crippen molar-refractivity contribution >= 4 is 17.3 Å². The Labute approximate surface area is 203 Å². The molecule has 0 fully saturated rings. The minimum Gasteiger partial charge on any atom is -0.486 e. The van der Waals surface area contributed by atoms with E-state index in [0.29, 0.717) is 11.3 Å². The lowest BCUT2D eigenvalue weighted by Crippen LogP contribution is -2.35. The van der Waals surface area contributed by atoms with E-state index in [4.69, 9.17) is 14.0 Å². The number of para-hydroxylation sites is 1. The molecule has 11 nitrogen and oxygen atoms in total. The molecular formula is C23H23N5O6S. The van der Waals surface area contributed by atoms with Crippen LogP contribution in [0.25, 0.3) is 22.8 Å². The molecule has 0 spiro atoms. The number of H-pyrrole nitrogens is 1. The van der Waals surface area contributed by atoms with E-state index >= 15 is 0 Å². The molecule has 4 aromatic rings. The van der Waals surface area contributed by atoms with Gasteiger partial charge in [-0.3, -0.25) is 19.1 Å². The lowest BCUT2D eigenvalue weighted by atomic mass is 10.2. The second-order valence-corrected chi connectivity index (χ2v) is 9.64. The Kier molecular flexibility index (Phi) is 6.65. The summed E-state index contributed by atoms with van der Waals surface area (Å²) in [5, 5.41) is 6.75. The Morgan fingerprint density at radius 2 is 1.94 bits per heavy atom. The predicted molar refractivity (Wildman–Crippen MR) is 127 cm³/mol. The highest BCUT2D eigenvalue weighted by molar-refractivity contribution is 7.09. The summed E-state index contributed by atoms with van der Waals surface area (Å²) in [7, 11) is 0. The van der Waals surface area contributed by atoms with Crippen molar-refractivity contribution in [2.75, 3.05) is 0 Å². The number of carbonyl (C=O) groups is 1. The van der Waals surface area contributed by atoms with E-state index in [2.05, 4.69) is 20.1 Å². The van der Waals surface area contributed by atoms with E-state index in [1.807, 2.05) is 12.3 Å². The quantitative estimate of drug-likeness (QED) is 0.381. The van der Waals surface area contributed by atoms with Crippen molar-refractivity contribution < 1.29 is 18.8 Å². The maximum atomic E-state index is 12.4. The van der Waals surface area contributed by atoms with Crippen LogP contribution in [0.2, 0.25) is 0 Å². The van der Waals surface area contributed by atoms with Crippen LogP contribution in [0.3, 0.4) is 0 Å². The molecule has 0 amide bonds. The first-order valence-electron chi connectivity index (χ1n) is 10.6. The molecule has 0 atom stereocenters. The molecule has 0 unspecified atom stereocenters. The summed E-state index contributed by atoms with van der Waals surface area (Å²) in [5.74, 6) is -0.0663. The molecule has 0 aliphatic rings. The number of hydrogen-bond acceptors (Lipinski definition) is 10. The van der Waals surface area contributed by atoms with Crippen molar-refractivity contribution in [2.24, 2.45) is 0 Å². The first kappa shape index (κ1) is 24.1. The molecular weight excluding hydrogens is 474 g/mol. The molecule has 0 saturated carbocycles. The van der Waals surface area contributed by atoms with Gasteiger partial charge in [0, 0.05) is 11.6 Å². The third-order valence-electron chi connectivity index (χ3n) is 4.56. The summed E-state index contributed by atoms with van der Waals surface area (Å²) in [5.41, 5.74) is -0.915. The Morgan fingerprint density at radius 1 is 1.17 bits per heavy atom. The summed E-state index contributed by atoms with van der Waals surface area (Å²) in [6.45, 7) is 6.93. The van der Waals surface area contributed by atoms with Gasteiger partial charge in [-0.2, -0.15) is 4.98 Å². The van der Waals surface area contributed by atoms with Gasteiger partial charge in [0.15, 0.2) is 0 Å². The van der Waals surface area contributed by atoms with Crippen LogP contribution in [-0.4, -0.2) is 36.2 Å². The Bertz CT molecular complexity index is 1480. The number of hydrogen-bond donors (Lipinski definition) is 1. The maximum absolute atomic E-state index is 12.4. The minimum atomic E-state index is -0.760. The number of thiazole rings is 1. The average molecular weight is 498 g/mol. The van der Waals surface area contributed by atoms with Gasteiger partial charge in [0.25, 0.3) is 11.4 Å². The van der Waals surface area contributed by atoms with Gasteiger partial charge in [-0.25, -0.2) is 9.78 Å². The van der Waals surface area contributed by atoms with Crippen molar-refractivity contribution in [3.63, 3.8) is 0 Å². The molecule has 0 aliphatic heterocycles. The number of nitrogens with one attached hydrogen (secondary N) is 1. The van der Waals surface area contributed by atoms with Gasteiger partial charge in [0.1, 0.15) is 30.1 Å². The number of aromatic nitrogens is 5. The van der Waals surface area contributed by atoms with E-state index in [1.165, 1.54) is 17.5 Å². The molecule has 35 heavy (non-hydrogen) atoms. The largest absolute Gasteiger partial charge is 0.486 e. The Morgan fingerprint density at radius 3 is 2.66 bits per heavy atom. The van der Waals surface area contributed by atoms with Crippen molar-refractivity contribution in [1.82, 2.24) is 24.7 Å². The fourth-order valence-electron chi connectivity index (χ4n) is 3.14. The summed E-state index contributed by atoms with van der Waals surface area (Å²) in [6, 6.07) is 7.09. The molecule has 0 aliphatic carbocycles. The van der Waals surface area contributed by atoms with Crippen LogP contribution < -0.4 is 16.0 Å². The van der Waals surface area contributed by atoms with Crippen molar-refractivity contribution in [2.45, 2.75) is 46.4 Å².